The zero-order chi connectivity index (χ0) is 23.6. The Hall–Kier alpha value is -3.29. The van der Waals surface area contributed by atoms with Crippen LogP contribution < -0.4 is 5.32 Å². The van der Waals surface area contributed by atoms with Gasteiger partial charge in [0.1, 0.15) is 23.7 Å². The summed E-state index contributed by atoms with van der Waals surface area (Å²) in [6, 6.07) is 10.7. The van der Waals surface area contributed by atoms with E-state index in [4.69, 9.17) is 0 Å². The highest BCUT2D eigenvalue weighted by Crippen LogP contribution is 2.30. The third kappa shape index (κ3) is 4.74. The Kier molecular flexibility index (Phi) is 6.44. The second-order valence-corrected chi connectivity index (χ2v) is 8.89. The number of hydrogen-bond donors (Lipinski definition) is 1. The molecule has 0 aromatic heterocycles. The molecule has 6 nitrogen and oxygen atoms in total. The SMILES string of the molecule is CC1(c2ccc(F)cc2)NC(=O)N(CC(=O)N(Cc2ccc(F)cc2)C2CCCCC2)C1=O. The summed E-state index contributed by atoms with van der Waals surface area (Å²) < 4.78 is 26.7. The van der Waals surface area contributed by atoms with E-state index in [1.807, 2.05) is 0 Å². The highest BCUT2D eigenvalue weighted by atomic mass is 19.1. The minimum Gasteiger partial charge on any atom is -0.334 e. The second-order valence-electron chi connectivity index (χ2n) is 8.89. The summed E-state index contributed by atoms with van der Waals surface area (Å²) in [5, 5.41) is 2.65. The summed E-state index contributed by atoms with van der Waals surface area (Å²) in [5.74, 6) is -1.69. The van der Waals surface area contributed by atoms with Crippen LogP contribution in [0.3, 0.4) is 0 Å². The van der Waals surface area contributed by atoms with Crippen LogP contribution >= 0.6 is 0 Å². The van der Waals surface area contributed by atoms with Gasteiger partial charge in [-0.15, -0.1) is 0 Å². The predicted octanol–water partition coefficient (Wildman–Crippen LogP) is 4.09. The van der Waals surface area contributed by atoms with Crippen molar-refractivity contribution in [2.75, 3.05) is 6.54 Å². The van der Waals surface area contributed by atoms with Crippen LogP contribution in [-0.4, -0.2) is 40.2 Å². The lowest BCUT2D eigenvalue weighted by Gasteiger charge is -2.35. The highest BCUT2D eigenvalue weighted by Gasteiger charge is 2.50. The average Bonchev–Trinajstić information content (AvgIpc) is 3.03. The maximum absolute atomic E-state index is 13.4. The molecule has 1 unspecified atom stereocenters. The Morgan fingerprint density at radius 2 is 1.58 bits per heavy atom. The molecular weight excluding hydrogens is 428 g/mol. The number of imide groups is 1. The van der Waals surface area contributed by atoms with Gasteiger partial charge in [-0.05, 0) is 55.2 Å². The third-order valence-electron chi connectivity index (χ3n) is 6.59. The number of nitrogens with one attached hydrogen (secondary N) is 1. The van der Waals surface area contributed by atoms with E-state index < -0.39 is 23.3 Å². The van der Waals surface area contributed by atoms with Gasteiger partial charge in [0.25, 0.3) is 5.91 Å². The monoisotopic (exact) mass is 455 g/mol. The fourth-order valence-electron chi connectivity index (χ4n) is 4.65. The first-order valence-electron chi connectivity index (χ1n) is 11.2. The average molecular weight is 456 g/mol. The fraction of sp³-hybridized carbons (Fsp3) is 0.400. The van der Waals surface area contributed by atoms with Gasteiger partial charge in [0.15, 0.2) is 0 Å². The number of amides is 4. The fourth-order valence-corrected chi connectivity index (χ4v) is 4.65. The maximum Gasteiger partial charge on any atom is 0.325 e. The van der Waals surface area contributed by atoms with E-state index in [-0.39, 0.29) is 30.9 Å². The Labute approximate surface area is 191 Å². The molecule has 0 radical (unpaired) electrons. The number of nitrogens with zero attached hydrogens (tertiary/aromatic N) is 2. The lowest BCUT2D eigenvalue weighted by molar-refractivity contribution is -0.141. The van der Waals surface area contributed by atoms with Gasteiger partial charge >= 0.3 is 6.03 Å². The number of hydrogen-bond acceptors (Lipinski definition) is 3. The number of carbonyl (C=O) groups excluding carboxylic acids is 3. The number of carbonyl (C=O) groups is 3. The van der Waals surface area contributed by atoms with E-state index in [9.17, 15) is 23.2 Å². The zero-order valence-corrected chi connectivity index (χ0v) is 18.5. The van der Waals surface area contributed by atoms with E-state index in [1.165, 1.54) is 36.4 Å². The molecule has 33 heavy (non-hydrogen) atoms. The van der Waals surface area contributed by atoms with Crippen LogP contribution in [0.25, 0.3) is 0 Å². The van der Waals surface area contributed by atoms with Crippen LogP contribution in [0.2, 0.25) is 0 Å². The topological polar surface area (TPSA) is 69.7 Å². The molecule has 2 fully saturated rings. The largest absolute Gasteiger partial charge is 0.334 e. The van der Waals surface area contributed by atoms with Crippen molar-refractivity contribution in [3.05, 3.63) is 71.3 Å². The van der Waals surface area contributed by atoms with Crippen molar-refractivity contribution in [3.8, 4) is 0 Å². The highest BCUT2D eigenvalue weighted by molar-refractivity contribution is 6.09. The van der Waals surface area contributed by atoms with Crippen LogP contribution in [0, 0.1) is 11.6 Å². The van der Waals surface area contributed by atoms with Crippen LogP contribution in [-0.2, 0) is 21.7 Å². The van der Waals surface area contributed by atoms with Crippen molar-refractivity contribution in [2.45, 2.75) is 57.2 Å². The third-order valence-corrected chi connectivity index (χ3v) is 6.59. The van der Waals surface area contributed by atoms with Gasteiger partial charge in [-0.2, -0.15) is 0 Å². The van der Waals surface area contributed by atoms with Crippen LogP contribution in [0.4, 0.5) is 13.6 Å². The van der Waals surface area contributed by atoms with Gasteiger partial charge in [-0.3, -0.25) is 14.5 Å². The van der Waals surface area contributed by atoms with Gasteiger partial charge in [-0.1, -0.05) is 43.5 Å². The molecule has 0 bridgehead atoms. The summed E-state index contributed by atoms with van der Waals surface area (Å²) in [5.41, 5.74) is -0.158. The number of benzene rings is 2. The predicted molar refractivity (Wildman–Crippen MR) is 118 cm³/mol. The Morgan fingerprint density at radius 1 is 1.00 bits per heavy atom. The molecule has 1 aliphatic carbocycles. The van der Waals surface area contributed by atoms with Crippen molar-refractivity contribution in [3.63, 3.8) is 0 Å². The van der Waals surface area contributed by atoms with Gasteiger partial charge in [0.05, 0.1) is 0 Å². The van der Waals surface area contributed by atoms with E-state index >= 15 is 0 Å². The van der Waals surface area contributed by atoms with Crippen molar-refractivity contribution < 1.29 is 23.2 Å². The zero-order valence-electron chi connectivity index (χ0n) is 18.5. The lowest BCUT2D eigenvalue weighted by atomic mass is 9.92. The smallest absolute Gasteiger partial charge is 0.325 e. The molecule has 174 valence electrons. The molecule has 1 heterocycles. The molecule has 1 N–H and O–H groups in total. The molecule has 1 saturated heterocycles. The molecule has 2 aliphatic rings. The molecule has 2 aromatic rings. The molecule has 2 aromatic carbocycles. The molecule has 1 atom stereocenters. The summed E-state index contributed by atoms with van der Waals surface area (Å²) >= 11 is 0. The minimum atomic E-state index is -1.38. The number of urea groups is 1. The number of halogens is 2. The molecular formula is C25H27F2N3O3. The lowest BCUT2D eigenvalue weighted by Crippen LogP contribution is -2.48. The molecule has 8 heteroatoms. The van der Waals surface area contributed by atoms with Gasteiger partial charge < -0.3 is 10.2 Å². The summed E-state index contributed by atoms with van der Waals surface area (Å²) in [6.45, 7) is 1.43. The Morgan fingerprint density at radius 3 is 2.18 bits per heavy atom. The van der Waals surface area contributed by atoms with E-state index in [2.05, 4.69) is 5.32 Å². The normalized spacial score (nSPS) is 21.2. The molecule has 4 rings (SSSR count). The summed E-state index contributed by atoms with van der Waals surface area (Å²) in [6.07, 6.45) is 4.81. The first-order valence-corrected chi connectivity index (χ1v) is 11.2. The van der Waals surface area contributed by atoms with Crippen LogP contribution in [0.15, 0.2) is 48.5 Å². The standard InChI is InChI=1S/C25H27F2N3O3/c1-25(18-9-13-20(27)14-10-18)23(32)30(24(33)28-25)16-22(31)29(21-5-3-2-4-6-21)15-17-7-11-19(26)12-8-17/h7-14,21H,2-6,15-16H2,1H3,(H,28,33). The van der Waals surface area contributed by atoms with E-state index in [0.717, 1.165) is 42.6 Å². The Balaban J connectivity index is 1.54. The van der Waals surface area contributed by atoms with Crippen LogP contribution in [0.5, 0.6) is 0 Å². The molecule has 0 spiro atoms. The second kappa shape index (κ2) is 9.29. The molecule has 4 amide bonds. The van der Waals surface area contributed by atoms with E-state index in [0.29, 0.717) is 5.56 Å². The number of rotatable bonds is 6. The Bertz CT molecular complexity index is 1040. The summed E-state index contributed by atoms with van der Waals surface area (Å²) in [4.78, 5) is 41.9. The van der Waals surface area contributed by atoms with Gasteiger partial charge in [0, 0.05) is 12.6 Å². The van der Waals surface area contributed by atoms with Crippen molar-refractivity contribution in [1.82, 2.24) is 15.1 Å². The van der Waals surface area contributed by atoms with Crippen molar-refractivity contribution in [2.24, 2.45) is 0 Å². The summed E-state index contributed by atoms with van der Waals surface area (Å²) in [7, 11) is 0. The maximum atomic E-state index is 13.4. The quantitative estimate of drug-likeness (QED) is 0.667. The first-order chi connectivity index (χ1) is 15.8. The molecule has 1 saturated carbocycles. The van der Waals surface area contributed by atoms with Crippen molar-refractivity contribution >= 4 is 17.8 Å². The van der Waals surface area contributed by atoms with Gasteiger partial charge in [-0.25, -0.2) is 13.6 Å². The van der Waals surface area contributed by atoms with E-state index in [1.54, 1.807) is 24.0 Å². The van der Waals surface area contributed by atoms with Crippen molar-refractivity contribution in [1.29, 1.82) is 0 Å². The first kappa shape index (κ1) is 22.9. The minimum absolute atomic E-state index is 0.000511. The molecule has 1 aliphatic heterocycles. The van der Waals surface area contributed by atoms with Gasteiger partial charge in [0.2, 0.25) is 5.91 Å². The van der Waals surface area contributed by atoms with Crippen LogP contribution in [0.1, 0.15) is 50.2 Å².